The van der Waals surface area contributed by atoms with E-state index >= 15 is 0 Å². The van der Waals surface area contributed by atoms with E-state index in [-0.39, 0.29) is 0 Å². The average molecular weight is 267 g/mol. The summed E-state index contributed by atoms with van der Waals surface area (Å²) >= 11 is 0. The van der Waals surface area contributed by atoms with Crippen LogP contribution in [0.5, 0.6) is 0 Å². The first kappa shape index (κ1) is 15.3. The van der Waals surface area contributed by atoms with Crippen LogP contribution in [0.2, 0.25) is 0 Å². The van der Waals surface area contributed by atoms with Crippen LogP contribution in [0.1, 0.15) is 58.3 Å². The molecule has 0 radical (unpaired) electrons. The minimum Gasteiger partial charge on any atom is -0.329 e. The number of nitrogens with two attached hydrogens (primary N) is 1. The minimum atomic E-state index is 0.321. The third kappa shape index (κ3) is 3.93. The topological polar surface area (TPSA) is 32.5 Å². The number of hydrogen-bond donors (Lipinski definition) is 1. The number of nitrogens with zero attached hydrogens (tertiary/aromatic N) is 2. The molecule has 112 valence electrons. The first-order chi connectivity index (χ1) is 9.30. The van der Waals surface area contributed by atoms with Crippen molar-refractivity contribution in [1.82, 2.24) is 9.80 Å². The molecule has 2 aliphatic heterocycles. The van der Waals surface area contributed by atoms with Gasteiger partial charge in [-0.3, -0.25) is 4.90 Å². The first-order valence-corrected chi connectivity index (χ1v) is 8.48. The van der Waals surface area contributed by atoms with Gasteiger partial charge in [0.25, 0.3) is 0 Å². The molecule has 2 heterocycles. The summed E-state index contributed by atoms with van der Waals surface area (Å²) in [5.74, 6) is 0. The molecule has 2 aliphatic rings. The van der Waals surface area contributed by atoms with Gasteiger partial charge in [0.15, 0.2) is 0 Å². The van der Waals surface area contributed by atoms with Gasteiger partial charge < -0.3 is 10.6 Å². The summed E-state index contributed by atoms with van der Waals surface area (Å²) in [5, 5.41) is 0. The molecule has 0 amide bonds. The molecule has 0 bridgehead atoms. The monoisotopic (exact) mass is 267 g/mol. The normalized spacial score (nSPS) is 26.8. The zero-order valence-electron chi connectivity index (χ0n) is 12.9. The van der Waals surface area contributed by atoms with Crippen LogP contribution in [0, 0.1) is 0 Å². The van der Waals surface area contributed by atoms with Crippen LogP contribution in [0.3, 0.4) is 0 Å². The molecule has 0 aromatic rings. The Balaban J connectivity index is 1.93. The van der Waals surface area contributed by atoms with Crippen LogP contribution in [0.4, 0.5) is 0 Å². The molecule has 0 spiro atoms. The third-order valence-corrected chi connectivity index (χ3v) is 5.23. The molecule has 19 heavy (non-hydrogen) atoms. The van der Waals surface area contributed by atoms with E-state index in [1.807, 2.05) is 0 Å². The zero-order valence-corrected chi connectivity index (χ0v) is 12.9. The first-order valence-electron chi connectivity index (χ1n) is 8.48. The second-order valence-corrected chi connectivity index (χ2v) is 6.52. The molecule has 3 heteroatoms. The van der Waals surface area contributed by atoms with Gasteiger partial charge in [-0.1, -0.05) is 26.2 Å². The van der Waals surface area contributed by atoms with Crippen LogP contribution in [-0.2, 0) is 0 Å². The Bertz CT molecular complexity index is 238. The summed E-state index contributed by atoms with van der Waals surface area (Å²) in [4.78, 5) is 5.38. The van der Waals surface area contributed by atoms with Crippen molar-refractivity contribution in [3.63, 3.8) is 0 Å². The van der Waals surface area contributed by atoms with Crippen molar-refractivity contribution in [2.75, 3.05) is 39.3 Å². The van der Waals surface area contributed by atoms with E-state index in [9.17, 15) is 0 Å². The number of rotatable bonds is 4. The van der Waals surface area contributed by atoms with Gasteiger partial charge in [-0.25, -0.2) is 0 Å². The van der Waals surface area contributed by atoms with Gasteiger partial charge in [-0.2, -0.15) is 0 Å². The second-order valence-electron chi connectivity index (χ2n) is 6.52. The quantitative estimate of drug-likeness (QED) is 0.849. The minimum absolute atomic E-state index is 0.321. The van der Waals surface area contributed by atoms with Gasteiger partial charge in [0, 0.05) is 12.1 Å². The molecule has 2 rings (SSSR count). The summed E-state index contributed by atoms with van der Waals surface area (Å²) in [5.41, 5.74) is 6.54. The second kappa shape index (κ2) is 7.61. The summed E-state index contributed by atoms with van der Waals surface area (Å²) in [6.07, 6.45) is 10.9. The van der Waals surface area contributed by atoms with Gasteiger partial charge in [0.1, 0.15) is 0 Å². The third-order valence-electron chi connectivity index (χ3n) is 5.23. The molecule has 0 aromatic carbocycles. The Hall–Kier alpha value is -0.120. The number of hydrogen-bond acceptors (Lipinski definition) is 3. The zero-order chi connectivity index (χ0) is 13.6. The summed E-state index contributed by atoms with van der Waals surface area (Å²) in [6.45, 7) is 9.47. The van der Waals surface area contributed by atoms with E-state index in [4.69, 9.17) is 5.73 Å². The summed E-state index contributed by atoms with van der Waals surface area (Å²) in [6, 6.07) is 0. The Morgan fingerprint density at radius 2 is 1.47 bits per heavy atom. The van der Waals surface area contributed by atoms with Gasteiger partial charge in [-0.15, -0.1) is 0 Å². The van der Waals surface area contributed by atoms with Crippen molar-refractivity contribution >= 4 is 0 Å². The fraction of sp³-hybridized carbons (Fsp3) is 1.00. The highest BCUT2D eigenvalue weighted by Crippen LogP contribution is 2.30. The fourth-order valence-electron chi connectivity index (χ4n) is 3.88. The van der Waals surface area contributed by atoms with Gasteiger partial charge in [0.05, 0.1) is 0 Å². The molecule has 0 aliphatic carbocycles. The van der Waals surface area contributed by atoms with E-state index in [2.05, 4.69) is 16.7 Å². The lowest BCUT2D eigenvalue weighted by Gasteiger charge is -2.49. The molecule has 0 saturated carbocycles. The van der Waals surface area contributed by atoms with Crippen LogP contribution in [-0.4, -0.2) is 54.6 Å². The molecule has 2 N–H and O–H groups in total. The van der Waals surface area contributed by atoms with Crippen LogP contribution in [0.25, 0.3) is 0 Å². The molecule has 0 atom stereocenters. The van der Waals surface area contributed by atoms with Gasteiger partial charge in [0.2, 0.25) is 0 Å². The van der Waals surface area contributed by atoms with Crippen molar-refractivity contribution in [3.8, 4) is 0 Å². The molecule has 3 nitrogen and oxygen atoms in total. The maximum absolute atomic E-state index is 6.22. The highest BCUT2D eigenvalue weighted by Gasteiger charge is 2.38. The van der Waals surface area contributed by atoms with Crippen molar-refractivity contribution in [2.24, 2.45) is 5.73 Å². The van der Waals surface area contributed by atoms with Crippen molar-refractivity contribution in [1.29, 1.82) is 0 Å². The van der Waals surface area contributed by atoms with Crippen molar-refractivity contribution in [3.05, 3.63) is 0 Å². The van der Waals surface area contributed by atoms with Gasteiger partial charge >= 0.3 is 0 Å². The Labute approximate surface area is 119 Å². The molecular weight excluding hydrogens is 234 g/mol. The SMILES string of the molecule is CCCN1CCC(CN)(N2CCCCCCC2)CC1. The largest absolute Gasteiger partial charge is 0.329 e. The predicted octanol–water partition coefficient (Wildman–Crippen LogP) is 2.46. The number of likely N-dealkylation sites (tertiary alicyclic amines) is 2. The lowest BCUT2D eigenvalue weighted by Crippen LogP contribution is -2.60. The smallest absolute Gasteiger partial charge is 0.0356 e. The molecule has 2 saturated heterocycles. The summed E-state index contributed by atoms with van der Waals surface area (Å²) < 4.78 is 0. The summed E-state index contributed by atoms with van der Waals surface area (Å²) in [7, 11) is 0. The highest BCUT2D eigenvalue weighted by molar-refractivity contribution is 4.96. The van der Waals surface area contributed by atoms with E-state index in [0.29, 0.717) is 5.54 Å². The fourth-order valence-corrected chi connectivity index (χ4v) is 3.88. The van der Waals surface area contributed by atoms with Crippen molar-refractivity contribution < 1.29 is 0 Å². The Morgan fingerprint density at radius 3 is 2.00 bits per heavy atom. The lowest BCUT2D eigenvalue weighted by atomic mass is 9.84. The van der Waals surface area contributed by atoms with E-state index in [1.165, 1.54) is 84.1 Å². The lowest BCUT2D eigenvalue weighted by molar-refractivity contribution is 0.0215. The maximum Gasteiger partial charge on any atom is 0.0356 e. The highest BCUT2D eigenvalue weighted by atomic mass is 15.2. The van der Waals surface area contributed by atoms with E-state index in [1.54, 1.807) is 0 Å². The number of piperidine rings is 1. The van der Waals surface area contributed by atoms with Crippen molar-refractivity contribution in [2.45, 2.75) is 63.8 Å². The molecular formula is C16H33N3. The molecule has 0 unspecified atom stereocenters. The Kier molecular flexibility index (Phi) is 6.11. The molecule has 2 fully saturated rings. The van der Waals surface area contributed by atoms with Crippen LogP contribution in [0.15, 0.2) is 0 Å². The Morgan fingerprint density at radius 1 is 0.895 bits per heavy atom. The maximum atomic E-state index is 6.22. The predicted molar refractivity (Wildman–Crippen MR) is 82.4 cm³/mol. The average Bonchev–Trinajstić information content (AvgIpc) is 2.40. The van der Waals surface area contributed by atoms with Gasteiger partial charge in [-0.05, 0) is 64.8 Å². The standard InChI is InChI=1S/C16H33N3/c1-2-10-18-13-8-16(15-17,9-14-18)19-11-6-4-3-5-7-12-19/h2-15,17H2,1H3. The van der Waals surface area contributed by atoms with E-state index in [0.717, 1.165) is 6.54 Å². The van der Waals surface area contributed by atoms with E-state index < -0.39 is 0 Å². The van der Waals surface area contributed by atoms with Crippen LogP contribution < -0.4 is 5.73 Å². The molecule has 0 aromatic heterocycles. The van der Waals surface area contributed by atoms with Crippen LogP contribution >= 0.6 is 0 Å².